The second kappa shape index (κ2) is 8.51. The van der Waals surface area contributed by atoms with Crippen LogP contribution in [0.15, 0.2) is 24.3 Å². The van der Waals surface area contributed by atoms with Crippen molar-refractivity contribution in [2.24, 2.45) is 0 Å². The highest BCUT2D eigenvalue weighted by molar-refractivity contribution is 5.76. The van der Waals surface area contributed by atoms with Gasteiger partial charge in [0, 0.05) is 18.5 Å². The van der Waals surface area contributed by atoms with Gasteiger partial charge in [-0.25, -0.2) is 0 Å². The normalized spacial score (nSPS) is 23.3. The van der Waals surface area contributed by atoms with E-state index in [2.05, 4.69) is 22.2 Å². The second-order valence-corrected chi connectivity index (χ2v) is 5.90. The van der Waals surface area contributed by atoms with Crippen molar-refractivity contribution >= 4 is 5.91 Å². The first-order chi connectivity index (χ1) is 11.1. The zero-order chi connectivity index (χ0) is 16.7. The van der Waals surface area contributed by atoms with Gasteiger partial charge in [0.1, 0.15) is 5.75 Å². The largest absolute Gasteiger partial charge is 0.494 e. The number of amides is 1. The van der Waals surface area contributed by atoms with Crippen LogP contribution >= 0.6 is 0 Å². The summed E-state index contributed by atoms with van der Waals surface area (Å²) in [4.78, 5) is 12.0. The first-order valence-electron chi connectivity index (χ1n) is 8.03. The summed E-state index contributed by atoms with van der Waals surface area (Å²) >= 11 is 0. The number of rotatable bonds is 7. The molecule has 23 heavy (non-hydrogen) atoms. The standard InChI is InChI=1S/C17H24N4O2/c1-12-17(13(2)21-20-12)19-16(22)8-3-4-9-23-15-7-5-6-14(10-15)11-18/h5-7,10,12-13,17,20-21H,3-4,8-9H2,1-2H3,(H,19,22). The third kappa shape index (κ3) is 5.23. The minimum absolute atomic E-state index is 0.0747. The number of carbonyl (C=O) groups excluding carboxylic acids is 1. The fraction of sp³-hybridized carbons (Fsp3) is 0.529. The van der Waals surface area contributed by atoms with Crippen LogP contribution < -0.4 is 20.9 Å². The van der Waals surface area contributed by atoms with E-state index in [0.29, 0.717) is 24.3 Å². The molecule has 0 aliphatic carbocycles. The number of hydrogen-bond acceptors (Lipinski definition) is 5. The van der Waals surface area contributed by atoms with Gasteiger partial charge in [0.25, 0.3) is 0 Å². The van der Waals surface area contributed by atoms with Gasteiger partial charge in [0.2, 0.25) is 5.91 Å². The Bertz CT molecular complexity index is 560. The van der Waals surface area contributed by atoms with Crippen LogP contribution in [0.3, 0.4) is 0 Å². The summed E-state index contributed by atoms with van der Waals surface area (Å²) in [5.41, 5.74) is 6.83. The maximum absolute atomic E-state index is 12.0. The molecule has 0 saturated carbocycles. The highest BCUT2D eigenvalue weighted by Gasteiger charge is 2.30. The predicted molar refractivity (Wildman–Crippen MR) is 87.6 cm³/mol. The summed E-state index contributed by atoms with van der Waals surface area (Å²) in [5, 5.41) is 11.9. The maximum Gasteiger partial charge on any atom is 0.220 e. The number of unbranched alkanes of at least 4 members (excludes halogenated alkanes) is 1. The molecule has 1 aliphatic heterocycles. The summed E-state index contributed by atoms with van der Waals surface area (Å²) in [6.07, 6.45) is 2.08. The molecule has 124 valence electrons. The zero-order valence-electron chi connectivity index (χ0n) is 13.6. The van der Waals surface area contributed by atoms with Gasteiger partial charge in [-0.15, -0.1) is 0 Å². The fourth-order valence-corrected chi connectivity index (χ4v) is 2.62. The lowest BCUT2D eigenvalue weighted by Crippen LogP contribution is -2.46. The second-order valence-electron chi connectivity index (χ2n) is 5.90. The van der Waals surface area contributed by atoms with Gasteiger partial charge in [-0.1, -0.05) is 6.07 Å². The molecule has 1 aliphatic rings. The molecule has 1 aromatic rings. The fourth-order valence-electron chi connectivity index (χ4n) is 2.62. The van der Waals surface area contributed by atoms with E-state index in [1.165, 1.54) is 0 Å². The van der Waals surface area contributed by atoms with Crippen LogP contribution in [0, 0.1) is 11.3 Å². The molecule has 0 spiro atoms. The molecule has 1 aromatic carbocycles. The van der Waals surface area contributed by atoms with Crippen molar-refractivity contribution in [1.82, 2.24) is 16.2 Å². The van der Waals surface area contributed by atoms with Gasteiger partial charge in [0.15, 0.2) is 0 Å². The highest BCUT2D eigenvalue weighted by atomic mass is 16.5. The molecule has 3 N–H and O–H groups in total. The lowest BCUT2D eigenvalue weighted by atomic mass is 10.1. The van der Waals surface area contributed by atoms with Crippen molar-refractivity contribution in [2.45, 2.75) is 51.2 Å². The van der Waals surface area contributed by atoms with Crippen molar-refractivity contribution in [2.75, 3.05) is 6.61 Å². The summed E-state index contributed by atoms with van der Waals surface area (Å²) < 4.78 is 5.60. The molecular weight excluding hydrogens is 292 g/mol. The third-order valence-electron chi connectivity index (χ3n) is 3.97. The van der Waals surface area contributed by atoms with Gasteiger partial charge in [-0.2, -0.15) is 5.26 Å². The van der Waals surface area contributed by atoms with E-state index < -0.39 is 0 Å². The molecule has 1 amide bonds. The molecule has 0 radical (unpaired) electrons. The summed E-state index contributed by atoms with van der Waals surface area (Å²) in [7, 11) is 0. The molecule has 2 atom stereocenters. The molecule has 1 saturated heterocycles. The average Bonchev–Trinajstić information content (AvgIpc) is 2.86. The Labute approximate surface area is 137 Å². The average molecular weight is 316 g/mol. The molecular formula is C17H24N4O2. The van der Waals surface area contributed by atoms with Crippen LogP contribution in [0.25, 0.3) is 0 Å². The topological polar surface area (TPSA) is 86.2 Å². The highest BCUT2D eigenvalue weighted by Crippen LogP contribution is 2.13. The van der Waals surface area contributed by atoms with Crippen LogP contribution in [0.4, 0.5) is 0 Å². The molecule has 6 nitrogen and oxygen atoms in total. The third-order valence-corrected chi connectivity index (χ3v) is 3.97. The Morgan fingerprint density at radius 2 is 2.04 bits per heavy atom. The number of nitriles is 1. The van der Waals surface area contributed by atoms with Gasteiger partial charge in [-0.05, 0) is 44.9 Å². The molecule has 2 unspecified atom stereocenters. The van der Waals surface area contributed by atoms with E-state index in [1.807, 2.05) is 19.9 Å². The van der Waals surface area contributed by atoms with Crippen molar-refractivity contribution in [3.8, 4) is 11.8 Å². The summed E-state index contributed by atoms with van der Waals surface area (Å²) in [6.45, 7) is 4.64. The van der Waals surface area contributed by atoms with Crippen LogP contribution in [0.5, 0.6) is 5.75 Å². The Balaban J connectivity index is 1.61. The van der Waals surface area contributed by atoms with Gasteiger partial charge >= 0.3 is 0 Å². The number of carbonyl (C=O) groups is 1. The van der Waals surface area contributed by atoms with E-state index >= 15 is 0 Å². The Kier molecular flexibility index (Phi) is 6.39. The van der Waals surface area contributed by atoms with E-state index in [9.17, 15) is 4.79 Å². The van der Waals surface area contributed by atoms with E-state index in [4.69, 9.17) is 10.00 Å². The van der Waals surface area contributed by atoms with Crippen molar-refractivity contribution in [3.63, 3.8) is 0 Å². The Morgan fingerprint density at radius 1 is 1.30 bits per heavy atom. The number of nitrogens with zero attached hydrogens (tertiary/aromatic N) is 1. The lowest BCUT2D eigenvalue weighted by molar-refractivity contribution is -0.122. The van der Waals surface area contributed by atoms with E-state index in [0.717, 1.165) is 12.8 Å². The van der Waals surface area contributed by atoms with Gasteiger partial charge < -0.3 is 10.1 Å². The van der Waals surface area contributed by atoms with E-state index in [-0.39, 0.29) is 24.0 Å². The first-order valence-corrected chi connectivity index (χ1v) is 8.03. The van der Waals surface area contributed by atoms with Crippen LogP contribution in [-0.2, 0) is 4.79 Å². The minimum Gasteiger partial charge on any atom is -0.494 e. The summed E-state index contributed by atoms with van der Waals surface area (Å²) in [6, 6.07) is 9.74. The predicted octanol–water partition coefficient (Wildman–Crippen LogP) is 1.48. The number of nitrogens with one attached hydrogen (secondary N) is 3. The zero-order valence-corrected chi connectivity index (χ0v) is 13.6. The number of hydrogen-bond donors (Lipinski definition) is 3. The molecule has 1 fully saturated rings. The molecule has 0 aromatic heterocycles. The van der Waals surface area contributed by atoms with Crippen molar-refractivity contribution in [3.05, 3.63) is 29.8 Å². The maximum atomic E-state index is 12.0. The first kappa shape index (κ1) is 17.3. The molecule has 6 heteroatoms. The van der Waals surface area contributed by atoms with E-state index in [1.54, 1.807) is 18.2 Å². The van der Waals surface area contributed by atoms with Crippen molar-refractivity contribution in [1.29, 1.82) is 5.26 Å². The Morgan fingerprint density at radius 3 is 2.74 bits per heavy atom. The van der Waals surface area contributed by atoms with Gasteiger partial charge in [-0.3, -0.25) is 15.6 Å². The molecule has 0 bridgehead atoms. The minimum atomic E-state index is 0.0747. The van der Waals surface area contributed by atoms with Gasteiger partial charge in [0.05, 0.1) is 24.3 Å². The molecule has 1 heterocycles. The van der Waals surface area contributed by atoms with Crippen LogP contribution in [-0.4, -0.2) is 30.6 Å². The summed E-state index contributed by atoms with van der Waals surface area (Å²) in [5.74, 6) is 0.768. The van der Waals surface area contributed by atoms with Crippen LogP contribution in [0.1, 0.15) is 38.7 Å². The number of benzene rings is 1. The quantitative estimate of drug-likeness (QED) is 0.663. The number of ether oxygens (including phenoxy) is 1. The Hall–Kier alpha value is -2.10. The van der Waals surface area contributed by atoms with Crippen LogP contribution in [0.2, 0.25) is 0 Å². The SMILES string of the molecule is CC1NNC(C)C1NC(=O)CCCCOc1cccc(C#N)c1. The monoisotopic (exact) mass is 316 g/mol. The lowest BCUT2D eigenvalue weighted by Gasteiger charge is -2.19. The smallest absolute Gasteiger partial charge is 0.220 e. The number of hydrazine groups is 1. The van der Waals surface area contributed by atoms with Crippen molar-refractivity contribution < 1.29 is 9.53 Å². The molecule has 2 rings (SSSR count).